The van der Waals surface area contributed by atoms with Crippen LogP contribution in [0.15, 0.2) is 42.5 Å². The van der Waals surface area contributed by atoms with Crippen LogP contribution in [0.1, 0.15) is 33.5 Å². The molecule has 0 fully saturated rings. The maximum atomic E-state index is 13.1. The molecule has 1 aliphatic rings. The summed E-state index contributed by atoms with van der Waals surface area (Å²) in [6.45, 7) is 1.76. The summed E-state index contributed by atoms with van der Waals surface area (Å²) in [7, 11) is 0. The lowest BCUT2D eigenvalue weighted by molar-refractivity contribution is 0.0933. The minimum Gasteiger partial charge on any atom is -0.349 e. The van der Waals surface area contributed by atoms with Crippen LogP contribution in [0.2, 0.25) is 0 Å². The number of nitrogens with one attached hydrogen (secondary N) is 1. The predicted octanol–water partition coefficient (Wildman–Crippen LogP) is 3.42. The maximum Gasteiger partial charge on any atom is 0.251 e. The third kappa shape index (κ3) is 2.97. The van der Waals surface area contributed by atoms with Crippen molar-refractivity contribution in [1.29, 1.82) is 0 Å². The van der Waals surface area contributed by atoms with E-state index in [0.29, 0.717) is 11.1 Å². The largest absolute Gasteiger partial charge is 0.349 e. The Morgan fingerprint density at radius 2 is 1.95 bits per heavy atom. The van der Waals surface area contributed by atoms with Crippen molar-refractivity contribution >= 4 is 5.91 Å². The van der Waals surface area contributed by atoms with Crippen molar-refractivity contribution in [1.82, 2.24) is 5.32 Å². The Morgan fingerprint density at radius 1 is 1.19 bits per heavy atom. The Morgan fingerprint density at radius 3 is 2.71 bits per heavy atom. The van der Waals surface area contributed by atoms with Crippen molar-refractivity contribution in [2.45, 2.75) is 32.2 Å². The summed E-state index contributed by atoms with van der Waals surface area (Å²) < 4.78 is 13.1. The molecule has 3 rings (SSSR count). The number of hydrogen-bond donors (Lipinski definition) is 1. The van der Waals surface area contributed by atoms with Crippen LogP contribution in [-0.4, -0.2) is 11.9 Å². The zero-order valence-corrected chi connectivity index (χ0v) is 12.0. The molecule has 2 nitrogen and oxygen atoms in total. The first-order chi connectivity index (χ1) is 10.1. The molecule has 21 heavy (non-hydrogen) atoms. The van der Waals surface area contributed by atoms with Gasteiger partial charge in [0.1, 0.15) is 5.82 Å². The maximum absolute atomic E-state index is 13.1. The summed E-state index contributed by atoms with van der Waals surface area (Å²) in [6, 6.07) is 12.8. The molecule has 2 aromatic carbocycles. The molecule has 1 N–H and O–H groups in total. The van der Waals surface area contributed by atoms with E-state index < -0.39 is 0 Å². The van der Waals surface area contributed by atoms with Crippen LogP contribution < -0.4 is 5.32 Å². The average molecular weight is 283 g/mol. The van der Waals surface area contributed by atoms with Gasteiger partial charge >= 0.3 is 0 Å². The highest BCUT2D eigenvalue weighted by molar-refractivity contribution is 5.95. The van der Waals surface area contributed by atoms with Crippen molar-refractivity contribution in [3.63, 3.8) is 0 Å². The number of aryl methyl sites for hydroxylation is 2. The highest BCUT2D eigenvalue weighted by Gasteiger charge is 2.21. The quantitative estimate of drug-likeness (QED) is 0.899. The Hall–Kier alpha value is -2.16. The van der Waals surface area contributed by atoms with Gasteiger partial charge in [0.25, 0.3) is 5.91 Å². The Bertz CT molecular complexity index is 681. The van der Waals surface area contributed by atoms with E-state index in [-0.39, 0.29) is 17.8 Å². The number of halogens is 1. The SMILES string of the molecule is Cc1cc(F)ccc1C(=O)NC1CCc2ccccc2C1. The Balaban J connectivity index is 1.71. The number of benzene rings is 2. The van der Waals surface area contributed by atoms with Gasteiger partial charge in [-0.15, -0.1) is 0 Å². The van der Waals surface area contributed by atoms with Gasteiger partial charge in [0.15, 0.2) is 0 Å². The van der Waals surface area contributed by atoms with E-state index in [1.165, 1.54) is 23.3 Å². The van der Waals surface area contributed by atoms with E-state index in [1.54, 1.807) is 13.0 Å². The second kappa shape index (κ2) is 5.68. The van der Waals surface area contributed by atoms with E-state index >= 15 is 0 Å². The molecular weight excluding hydrogens is 265 g/mol. The summed E-state index contributed by atoms with van der Waals surface area (Å²) in [6.07, 6.45) is 2.80. The molecule has 0 saturated heterocycles. The monoisotopic (exact) mass is 283 g/mol. The predicted molar refractivity (Wildman–Crippen MR) is 80.9 cm³/mol. The molecule has 1 amide bonds. The van der Waals surface area contributed by atoms with Crippen LogP contribution >= 0.6 is 0 Å². The van der Waals surface area contributed by atoms with Gasteiger partial charge in [-0.3, -0.25) is 4.79 Å². The highest BCUT2D eigenvalue weighted by Crippen LogP contribution is 2.21. The van der Waals surface area contributed by atoms with Crippen LogP contribution in [0.5, 0.6) is 0 Å². The molecular formula is C18H18FNO. The second-order valence-electron chi connectivity index (χ2n) is 5.64. The summed E-state index contributed by atoms with van der Waals surface area (Å²) in [5, 5.41) is 3.07. The fourth-order valence-electron chi connectivity index (χ4n) is 2.97. The molecule has 0 bridgehead atoms. The van der Waals surface area contributed by atoms with Gasteiger partial charge in [0.2, 0.25) is 0 Å². The standard InChI is InChI=1S/C18H18FNO/c1-12-10-15(19)7-9-17(12)18(21)20-16-8-6-13-4-2-3-5-14(13)11-16/h2-5,7,9-10,16H,6,8,11H2,1H3,(H,20,21). The normalized spacial score (nSPS) is 17.1. The molecule has 3 heteroatoms. The molecule has 2 aromatic rings. The third-order valence-corrected chi connectivity index (χ3v) is 4.12. The summed E-state index contributed by atoms with van der Waals surface area (Å²) in [4.78, 5) is 12.3. The first-order valence-corrected chi connectivity index (χ1v) is 7.27. The van der Waals surface area contributed by atoms with Gasteiger partial charge < -0.3 is 5.32 Å². The summed E-state index contributed by atoms with van der Waals surface area (Å²) in [5.74, 6) is -0.424. The highest BCUT2D eigenvalue weighted by atomic mass is 19.1. The first kappa shape index (κ1) is 13.8. The van der Waals surface area contributed by atoms with Gasteiger partial charge in [-0.25, -0.2) is 4.39 Å². The first-order valence-electron chi connectivity index (χ1n) is 7.27. The average Bonchev–Trinajstić information content (AvgIpc) is 2.47. The van der Waals surface area contributed by atoms with Crippen LogP contribution in [0, 0.1) is 12.7 Å². The fourth-order valence-corrected chi connectivity index (χ4v) is 2.97. The van der Waals surface area contributed by atoms with Crippen molar-refractivity contribution < 1.29 is 9.18 Å². The fraction of sp³-hybridized carbons (Fsp3) is 0.278. The van der Waals surface area contributed by atoms with Gasteiger partial charge in [0, 0.05) is 11.6 Å². The van der Waals surface area contributed by atoms with Crippen molar-refractivity contribution in [3.05, 3.63) is 70.5 Å². The number of rotatable bonds is 2. The third-order valence-electron chi connectivity index (χ3n) is 4.12. The van der Waals surface area contributed by atoms with Gasteiger partial charge in [-0.2, -0.15) is 0 Å². The number of fused-ring (bicyclic) bond motifs is 1. The van der Waals surface area contributed by atoms with E-state index in [0.717, 1.165) is 19.3 Å². The minimum atomic E-state index is -0.310. The zero-order chi connectivity index (χ0) is 14.8. The molecule has 1 unspecified atom stereocenters. The van der Waals surface area contributed by atoms with Gasteiger partial charge in [-0.05, 0) is 61.1 Å². The van der Waals surface area contributed by atoms with Crippen LogP contribution in [0.25, 0.3) is 0 Å². The van der Waals surface area contributed by atoms with Crippen molar-refractivity contribution in [2.24, 2.45) is 0 Å². The van der Waals surface area contributed by atoms with Gasteiger partial charge in [0.05, 0.1) is 0 Å². The van der Waals surface area contributed by atoms with E-state index in [9.17, 15) is 9.18 Å². The Labute approximate surface area is 124 Å². The zero-order valence-electron chi connectivity index (χ0n) is 12.0. The van der Waals surface area contributed by atoms with Crippen LogP contribution in [0.3, 0.4) is 0 Å². The van der Waals surface area contributed by atoms with Crippen LogP contribution in [0.4, 0.5) is 4.39 Å². The summed E-state index contributed by atoms with van der Waals surface area (Å²) >= 11 is 0. The molecule has 1 atom stereocenters. The lowest BCUT2D eigenvalue weighted by Gasteiger charge is -2.25. The lowest BCUT2D eigenvalue weighted by Crippen LogP contribution is -2.39. The Kier molecular flexibility index (Phi) is 3.74. The molecule has 108 valence electrons. The molecule has 0 radical (unpaired) electrons. The molecule has 0 aromatic heterocycles. The van der Waals surface area contributed by atoms with Crippen molar-refractivity contribution in [3.8, 4) is 0 Å². The topological polar surface area (TPSA) is 29.1 Å². The van der Waals surface area contributed by atoms with Crippen LogP contribution in [-0.2, 0) is 12.8 Å². The molecule has 0 saturated carbocycles. The number of amides is 1. The lowest BCUT2D eigenvalue weighted by atomic mass is 9.88. The second-order valence-corrected chi connectivity index (χ2v) is 5.64. The number of hydrogen-bond acceptors (Lipinski definition) is 1. The van der Waals surface area contributed by atoms with Gasteiger partial charge in [-0.1, -0.05) is 24.3 Å². The minimum absolute atomic E-state index is 0.114. The molecule has 0 spiro atoms. The number of carbonyl (C=O) groups excluding carboxylic acids is 1. The van der Waals surface area contributed by atoms with Crippen molar-refractivity contribution in [2.75, 3.05) is 0 Å². The molecule has 0 heterocycles. The molecule has 1 aliphatic carbocycles. The summed E-state index contributed by atoms with van der Waals surface area (Å²) in [5.41, 5.74) is 3.91. The molecule has 0 aliphatic heterocycles. The van der Waals surface area contributed by atoms with E-state index in [2.05, 4.69) is 23.5 Å². The van der Waals surface area contributed by atoms with E-state index in [4.69, 9.17) is 0 Å². The smallest absolute Gasteiger partial charge is 0.251 e. The number of carbonyl (C=O) groups is 1. The van der Waals surface area contributed by atoms with E-state index in [1.807, 2.05) is 6.07 Å².